The molecule has 2 N–H and O–H groups in total. The Morgan fingerprint density at radius 3 is 2.63 bits per heavy atom. The van der Waals surface area contributed by atoms with Gasteiger partial charge in [-0.2, -0.15) is 5.26 Å². The van der Waals surface area contributed by atoms with Gasteiger partial charge in [0.1, 0.15) is 5.01 Å². The van der Waals surface area contributed by atoms with E-state index in [2.05, 4.69) is 43.1 Å². The lowest BCUT2D eigenvalue weighted by Gasteiger charge is -2.07. The normalized spacial score (nSPS) is 17.3. The maximum Gasteiger partial charge on any atom is 0.123 e. The van der Waals surface area contributed by atoms with Crippen molar-refractivity contribution in [3.63, 3.8) is 0 Å². The van der Waals surface area contributed by atoms with Crippen molar-refractivity contribution in [1.82, 2.24) is 4.98 Å². The summed E-state index contributed by atoms with van der Waals surface area (Å²) in [4.78, 5) is 5.75. The Labute approximate surface area is 183 Å². The highest BCUT2D eigenvalue weighted by atomic mass is 32.1. The fourth-order valence-electron chi connectivity index (χ4n) is 4.09. The van der Waals surface area contributed by atoms with Crippen LogP contribution in [0.3, 0.4) is 0 Å². The Kier molecular flexibility index (Phi) is 6.04. The molecule has 2 aromatic carbocycles. The van der Waals surface area contributed by atoms with E-state index in [-0.39, 0.29) is 6.04 Å². The minimum absolute atomic E-state index is 0.155. The number of hydrogen-bond donors (Lipinski definition) is 1. The van der Waals surface area contributed by atoms with E-state index in [1.165, 1.54) is 29.5 Å². The SMILES string of the molecule is CC(C)C1CC1.Cc1ccc(-c2ncc(-c3cccc4c3CCC4N)s2)cc1C#N. The summed E-state index contributed by atoms with van der Waals surface area (Å²) in [6.07, 6.45) is 6.98. The van der Waals surface area contributed by atoms with Gasteiger partial charge in [0.2, 0.25) is 0 Å². The lowest BCUT2D eigenvalue weighted by atomic mass is 10.0. The molecule has 2 aliphatic carbocycles. The molecular formula is C26H29N3S. The van der Waals surface area contributed by atoms with Crippen molar-refractivity contribution in [2.75, 3.05) is 0 Å². The van der Waals surface area contributed by atoms with Crippen LogP contribution >= 0.6 is 11.3 Å². The van der Waals surface area contributed by atoms with Crippen molar-refractivity contribution in [3.05, 3.63) is 64.8 Å². The Morgan fingerprint density at radius 1 is 1.17 bits per heavy atom. The molecule has 2 aliphatic rings. The minimum Gasteiger partial charge on any atom is -0.324 e. The average molecular weight is 416 g/mol. The number of hydrogen-bond acceptors (Lipinski definition) is 4. The summed E-state index contributed by atoms with van der Waals surface area (Å²) in [6.45, 7) is 6.56. The Balaban J connectivity index is 0.000000313. The molecule has 1 atom stereocenters. The first-order chi connectivity index (χ1) is 14.5. The molecule has 3 nitrogen and oxygen atoms in total. The summed E-state index contributed by atoms with van der Waals surface area (Å²) in [5.41, 5.74) is 12.8. The Bertz CT molecular complexity index is 1090. The topological polar surface area (TPSA) is 62.7 Å². The summed E-state index contributed by atoms with van der Waals surface area (Å²) in [6, 6.07) is 14.7. The van der Waals surface area contributed by atoms with E-state index in [9.17, 15) is 5.26 Å². The van der Waals surface area contributed by atoms with Gasteiger partial charge in [-0.15, -0.1) is 11.3 Å². The molecule has 1 unspecified atom stereocenters. The van der Waals surface area contributed by atoms with Crippen molar-refractivity contribution >= 4 is 11.3 Å². The predicted molar refractivity (Wildman–Crippen MR) is 125 cm³/mol. The molecule has 3 aromatic rings. The van der Waals surface area contributed by atoms with Crippen LogP contribution in [-0.2, 0) is 6.42 Å². The van der Waals surface area contributed by atoms with Gasteiger partial charge in [0.25, 0.3) is 0 Å². The first-order valence-corrected chi connectivity index (χ1v) is 11.6. The van der Waals surface area contributed by atoms with Crippen molar-refractivity contribution in [3.8, 4) is 27.1 Å². The van der Waals surface area contributed by atoms with Gasteiger partial charge in [0.15, 0.2) is 0 Å². The van der Waals surface area contributed by atoms with E-state index in [1.807, 2.05) is 31.3 Å². The van der Waals surface area contributed by atoms with Crippen LogP contribution in [0.5, 0.6) is 0 Å². The molecule has 1 heterocycles. The van der Waals surface area contributed by atoms with Gasteiger partial charge < -0.3 is 5.73 Å². The number of nitrogens with two attached hydrogens (primary N) is 1. The van der Waals surface area contributed by atoms with Crippen molar-refractivity contribution in [2.24, 2.45) is 17.6 Å². The number of rotatable bonds is 3. The summed E-state index contributed by atoms with van der Waals surface area (Å²) < 4.78 is 0. The third-order valence-corrected chi connectivity index (χ3v) is 7.34. The van der Waals surface area contributed by atoms with Crippen molar-refractivity contribution < 1.29 is 0 Å². The van der Waals surface area contributed by atoms with Gasteiger partial charge >= 0.3 is 0 Å². The fraction of sp³-hybridized carbons (Fsp3) is 0.385. The van der Waals surface area contributed by atoms with Crippen LogP contribution in [0.15, 0.2) is 42.6 Å². The number of nitrogens with zero attached hydrogens (tertiary/aromatic N) is 2. The Morgan fingerprint density at radius 2 is 1.97 bits per heavy atom. The second kappa shape index (κ2) is 8.71. The van der Waals surface area contributed by atoms with E-state index < -0.39 is 0 Å². The molecule has 0 saturated heterocycles. The average Bonchev–Trinajstić information content (AvgIpc) is 3.39. The molecule has 30 heavy (non-hydrogen) atoms. The van der Waals surface area contributed by atoms with Gasteiger partial charge in [0.05, 0.1) is 16.5 Å². The molecule has 0 aliphatic heterocycles. The molecule has 0 bridgehead atoms. The maximum atomic E-state index is 9.22. The first-order valence-electron chi connectivity index (χ1n) is 10.8. The zero-order valence-electron chi connectivity index (χ0n) is 18.0. The lowest BCUT2D eigenvalue weighted by Crippen LogP contribution is -2.04. The highest BCUT2D eigenvalue weighted by Gasteiger charge is 2.24. The third kappa shape index (κ3) is 4.33. The fourth-order valence-corrected chi connectivity index (χ4v) is 5.05. The number of aryl methyl sites for hydroxylation is 1. The molecule has 1 saturated carbocycles. The van der Waals surface area contributed by atoms with Crippen LogP contribution in [0, 0.1) is 30.1 Å². The molecule has 1 aromatic heterocycles. The van der Waals surface area contributed by atoms with E-state index in [4.69, 9.17) is 5.73 Å². The van der Waals surface area contributed by atoms with E-state index in [0.717, 1.165) is 45.7 Å². The molecule has 0 radical (unpaired) electrons. The molecule has 5 rings (SSSR count). The summed E-state index contributed by atoms with van der Waals surface area (Å²) in [7, 11) is 0. The molecule has 0 amide bonds. The van der Waals surface area contributed by atoms with Crippen LogP contribution < -0.4 is 5.73 Å². The molecular weight excluding hydrogens is 386 g/mol. The van der Waals surface area contributed by atoms with Crippen LogP contribution in [0.2, 0.25) is 0 Å². The number of aromatic nitrogens is 1. The maximum absolute atomic E-state index is 9.22. The second-order valence-corrected chi connectivity index (χ2v) is 9.80. The predicted octanol–water partition coefficient (Wildman–Crippen LogP) is 6.66. The first kappa shape index (κ1) is 20.8. The van der Waals surface area contributed by atoms with Gasteiger partial charge in [-0.3, -0.25) is 0 Å². The summed E-state index contributed by atoms with van der Waals surface area (Å²) >= 11 is 1.67. The quantitative estimate of drug-likeness (QED) is 0.520. The van der Waals surface area contributed by atoms with Crippen LogP contribution in [0.25, 0.3) is 21.0 Å². The van der Waals surface area contributed by atoms with Crippen molar-refractivity contribution in [2.45, 2.75) is 52.5 Å². The third-order valence-electron chi connectivity index (χ3n) is 6.26. The van der Waals surface area contributed by atoms with Gasteiger partial charge in [0, 0.05) is 17.8 Å². The second-order valence-electron chi connectivity index (χ2n) is 8.77. The van der Waals surface area contributed by atoms with E-state index in [0.29, 0.717) is 5.56 Å². The highest BCUT2D eigenvalue weighted by Crippen LogP contribution is 2.40. The summed E-state index contributed by atoms with van der Waals surface area (Å²) in [5.74, 6) is 2.06. The molecule has 0 spiro atoms. The largest absolute Gasteiger partial charge is 0.324 e. The summed E-state index contributed by atoms with van der Waals surface area (Å²) in [5, 5.41) is 10.2. The number of benzene rings is 2. The van der Waals surface area contributed by atoms with Crippen molar-refractivity contribution in [1.29, 1.82) is 5.26 Å². The molecule has 4 heteroatoms. The number of nitriles is 1. The molecule has 1 fully saturated rings. The van der Waals surface area contributed by atoms with Gasteiger partial charge in [-0.25, -0.2) is 4.98 Å². The van der Waals surface area contributed by atoms with Crippen LogP contribution in [0.4, 0.5) is 0 Å². The standard InChI is InChI=1S/C20H17N3S.C6H12/c1-12-5-6-13(9-14(12)10-21)20-23-11-19(24-20)17-4-2-3-16-15(17)7-8-18(16)22;1-5(2)6-3-4-6/h2-6,9,11,18H,7-8,22H2,1H3;5-6H,3-4H2,1-2H3. The van der Waals surface area contributed by atoms with Gasteiger partial charge in [-0.1, -0.05) is 44.2 Å². The van der Waals surface area contributed by atoms with E-state index >= 15 is 0 Å². The monoisotopic (exact) mass is 415 g/mol. The molecule has 154 valence electrons. The van der Waals surface area contributed by atoms with Crippen LogP contribution in [0.1, 0.15) is 61.4 Å². The number of fused-ring (bicyclic) bond motifs is 1. The minimum atomic E-state index is 0.155. The Hall–Kier alpha value is -2.48. The zero-order valence-corrected chi connectivity index (χ0v) is 18.8. The lowest BCUT2D eigenvalue weighted by molar-refractivity contribution is 0.563. The van der Waals surface area contributed by atoms with E-state index in [1.54, 1.807) is 11.3 Å². The van der Waals surface area contributed by atoms with Crippen LogP contribution in [-0.4, -0.2) is 4.98 Å². The number of thiazole rings is 1. The zero-order chi connectivity index (χ0) is 21.3. The highest BCUT2D eigenvalue weighted by molar-refractivity contribution is 7.18. The smallest absolute Gasteiger partial charge is 0.123 e. The van der Waals surface area contributed by atoms with Gasteiger partial charge in [-0.05, 0) is 72.8 Å².